The molecule has 1 unspecified atom stereocenters. The Bertz CT molecular complexity index is 806. The number of anilines is 1. The number of hydrogen-bond donors (Lipinski definition) is 0. The molecule has 142 valence electrons. The van der Waals surface area contributed by atoms with E-state index in [4.69, 9.17) is 0 Å². The van der Waals surface area contributed by atoms with Crippen LogP contribution in [0.25, 0.3) is 0 Å². The van der Waals surface area contributed by atoms with E-state index < -0.39 is 15.9 Å². The highest BCUT2D eigenvalue weighted by Crippen LogP contribution is 2.32. The minimum atomic E-state index is -3.23. The molecule has 0 bridgehead atoms. The Labute approximate surface area is 162 Å². The summed E-state index contributed by atoms with van der Waals surface area (Å²) in [5.74, 6) is -1.01. The van der Waals surface area contributed by atoms with E-state index >= 15 is 0 Å². The number of benzene rings is 1. The fraction of sp³-hybridized carbons (Fsp3) is 0.529. The molecule has 2 fully saturated rings. The SMILES string of the molecule is CCS(=O)(=O)N1CCN(C(=O)C2CCN(c3ccccc3Br)C2=O)CC1. The Morgan fingerprint density at radius 3 is 2.42 bits per heavy atom. The van der Waals surface area contributed by atoms with Gasteiger partial charge in [-0.25, -0.2) is 8.42 Å². The van der Waals surface area contributed by atoms with Crippen molar-refractivity contribution in [2.45, 2.75) is 13.3 Å². The number of rotatable bonds is 4. The van der Waals surface area contributed by atoms with Gasteiger partial charge in [0.1, 0.15) is 5.92 Å². The van der Waals surface area contributed by atoms with Crippen molar-refractivity contribution in [1.29, 1.82) is 0 Å². The first-order valence-electron chi connectivity index (χ1n) is 8.67. The van der Waals surface area contributed by atoms with E-state index in [1.807, 2.05) is 24.3 Å². The zero-order valence-corrected chi connectivity index (χ0v) is 17.0. The van der Waals surface area contributed by atoms with Gasteiger partial charge in [0.25, 0.3) is 0 Å². The fourth-order valence-electron chi connectivity index (χ4n) is 3.41. The number of carbonyl (C=O) groups is 2. The quantitative estimate of drug-likeness (QED) is 0.656. The van der Waals surface area contributed by atoms with Crippen molar-refractivity contribution in [2.75, 3.05) is 43.4 Å². The normalized spacial score (nSPS) is 22.1. The van der Waals surface area contributed by atoms with E-state index in [2.05, 4.69) is 15.9 Å². The molecule has 2 heterocycles. The first kappa shape index (κ1) is 19.3. The highest BCUT2D eigenvalue weighted by Gasteiger charge is 2.41. The largest absolute Gasteiger partial charge is 0.339 e. The van der Waals surface area contributed by atoms with Gasteiger partial charge in [0.2, 0.25) is 21.8 Å². The molecule has 3 rings (SSSR count). The van der Waals surface area contributed by atoms with E-state index in [1.165, 1.54) is 4.31 Å². The molecule has 26 heavy (non-hydrogen) atoms. The molecule has 2 aliphatic rings. The molecule has 2 amide bonds. The van der Waals surface area contributed by atoms with Crippen LogP contribution in [0.15, 0.2) is 28.7 Å². The van der Waals surface area contributed by atoms with Gasteiger partial charge in [-0.2, -0.15) is 4.31 Å². The summed E-state index contributed by atoms with van der Waals surface area (Å²) in [6, 6.07) is 7.45. The van der Waals surface area contributed by atoms with Crippen LogP contribution < -0.4 is 4.90 Å². The highest BCUT2D eigenvalue weighted by atomic mass is 79.9. The molecule has 2 aliphatic heterocycles. The van der Waals surface area contributed by atoms with Crippen LogP contribution in [0.4, 0.5) is 5.69 Å². The second-order valence-corrected chi connectivity index (χ2v) is 9.52. The zero-order valence-electron chi connectivity index (χ0n) is 14.6. The van der Waals surface area contributed by atoms with E-state index in [9.17, 15) is 18.0 Å². The second-order valence-electron chi connectivity index (χ2n) is 6.41. The summed E-state index contributed by atoms with van der Waals surface area (Å²) >= 11 is 3.45. The minimum Gasteiger partial charge on any atom is -0.339 e. The van der Waals surface area contributed by atoms with Crippen molar-refractivity contribution in [2.24, 2.45) is 5.92 Å². The summed E-state index contributed by atoms with van der Waals surface area (Å²) in [6.45, 7) is 3.35. The highest BCUT2D eigenvalue weighted by molar-refractivity contribution is 9.10. The molecule has 9 heteroatoms. The van der Waals surface area contributed by atoms with Gasteiger partial charge in [0, 0.05) is 37.2 Å². The molecule has 7 nitrogen and oxygen atoms in total. The number of carbonyl (C=O) groups excluding carboxylic acids is 2. The first-order chi connectivity index (χ1) is 12.3. The van der Waals surface area contributed by atoms with Crippen LogP contribution in [-0.4, -0.2) is 67.9 Å². The van der Waals surface area contributed by atoms with Gasteiger partial charge in [-0.05, 0) is 41.4 Å². The molecule has 0 aliphatic carbocycles. The van der Waals surface area contributed by atoms with Crippen molar-refractivity contribution < 1.29 is 18.0 Å². The summed E-state index contributed by atoms with van der Waals surface area (Å²) < 4.78 is 26.1. The monoisotopic (exact) mass is 443 g/mol. The number of sulfonamides is 1. The smallest absolute Gasteiger partial charge is 0.239 e. The lowest BCUT2D eigenvalue weighted by Crippen LogP contribution is -2.52. The maximum Gasteiger partial charge on any atom is 0.239 e. The van der Waals surface area contributed by atoms with Gasteiger partial charge >= 0.3 is 0 Å². The first-order valence-corrected chi connectivity index (χ1v) is 11.1. The van der Waals surface area contributed by atoms with E-state index in [0.717, 1.165) is 10.2 Å². The van der Waals surface area contributed by atoms with Gasteiger partial charge < -0.3 is 9.80 Å². The van der Waals surface area contributed by atoms with E-state index in [-0.39, 0.29) is 30.7 Å². The topological polar surface area (TPSA) is 78.0 Å². The lowest BCUT2D eigenvalue weighted by molar-refractivity contribution is -0.140. The molecule has 1 atom stereocenters. The summed E-state index contributed by atoms with van der Waals surface area (Å²) in [5, 5.41) is 0. The molecule has 2 saturated heterocycles. The molecular weight excluding hydrogens is 422 g/mol. The third kappa shape index (κ3) is 3.65. The van der Waals surface area contributed by atoms with Crippen molar-refractivity contribution in [1.82, 2.24) is 9.21 Å². The maximum atomic E-state index is 12.8. The van der Waals surface area contributed by atoms with Crippen molar-refractivity contribution in [3.63, 3.8) is 0 Å². The molecule has 0 spiro atoms. The van der Waals surface area contributed by atoms with Gasteiger partial charge in [0.05, 0.1) is 11.4 Å². The average molecular weight is 444 g/mol. The van der Waals surface area contributed by atoms with Crippen LogP contribution in [-0.2, 0) is 19.6 Å². The lowest BCUT2D eigenvalue weighted by Gasteiger charge is -2.34. The van der Waals surface area contributed by atoms with Crippen molar-refractivity contribution >= 4 is 43.5 Å². The number of amides is 2. The van der Waals surface area contributed by atoms with Gasteiger partial charge in [0.15, 0.2) is 0 Å². The molecular formula is C17H22BrN3O4S. The third-order valence-corrected chi connectivity index (χ3v) is 7.51. The van der Waals surface area contributed by atoms with Crippen LogP contribution in [0.3, 0.4) is 0 Å². The Kier molecular flexibility index (Phi) is 5.69. The predicted molar refractivity (Wildman–Crippen MR) is 102 cm³/mol. The number of piperazine rings is 1. The number of halogens is 1. The molecule has 1 aromatic rings. The van der Waals surface area contributed by atoms with Crippen LogP contribution in [0.5, 0.6) is 0 Å². The van der Waals surface area contributed by atoms with Crippen LogP contribution in [0, 0.1) is 5.92 Å². The fourth-order valence-corrected chi connectivity index (χ4v) is 4.99. The summed E-state index contributed by atoms with van der Waals surface area (Å²) in [5.41, 5.74) is 0.770. The van der Waals surface area contributed by atoms with Crippen LogP contribution in [0.2, 0.25) is 0 Å². The average Bonchev–Trinajstić information content (AvgIpc) is 3.03. The van der Waals surface area contributed by atoms with Crippen LogP contribution in [0.1, 0.15) is 13.3 Å². The van der Waals surface area contributed by atoms with E-state index in [0.29, 0.717) is 26.1 Å². The zero-order chi connectivity index (χ0) is 18.9. The lowest BCUT2D eigenvalue weighted by atomic mass is 10.1. The molecule has 0 aromatic heterocycles. The van der Waals surface area contributed by atoms with Crippen molar-refractivity contribution in [3.8, 4) is 0 Å². The minimum absolute atomic E-state index is 0.0585. The summed E-state index contributed by atoms with van der Waals surface area (Å²) in [6.07, 6.45) is 0.479. The van der Waals surface area contributed by atoms with Gasteiger partial charge in [-0.1, -0.05) is 12.1 Å². The Morgan fingerprint density at radius 2 is 1.81 bits per heavy atom. The molecule has 0 saturated carbocycles. The number of hydrogen-bond acceptors (Lipinski definition) is 4. The molecule has 0 radical (unpaired) electrons. The number of para-hydroxylation sites is 1. The summed E-state index contributed by atoms with van der Waals surface area (Å²) in [7, 11) is -3.23. The van der Waals surface area contributed by atoms with Crippen molar-refractivity contribution in [3.05, 3.63) is 28.7 Å². The van der Waals surface area contributed by atoms with Crippen LogP contribution >= 0.6 is 15.9 Å². The summed E-state index contributed by atoms with van der Waals surface area (Å²) in [4.78, 5) is 28.8. The molecule has 1 aromatic carbocycles. The molecule has 0 N–H and O–H groups in total. The second kappa shape index (κ2) is 7.66. The van der Waals surface area contributed by atoms with Gasteiger partial charge in [-0.3, -0.25) is 9.59 Å². The maximum absolute atomic E-state index is 12.8. The van der Waals surface area contributed by atoms with E-state index in [1.54, 1.807) is 16.7 Å². The Balaban J connectivity index is 1.65. The number of nitrogens with zero attached hydrogens (tertiary/aromatic N) is 3. The van der Waals surface area contributed by atoms with Gasteiger partial charge in [-0.15, -0.1) is 0 Å². The Morgan fingerprint density at radius 1 is 1.15 bits per heavy atom. The predicted octanol–water partition coefficient (Wildman–Crippen LogP) is 1.30. The Hall–Kier alpha value is -1.45. The standard InChI is InChI=1S/C17H22BrN3O4S/c1-2-26(24,25)20-11-9-19(10-12-20)16(22)13-7-8-21(17(13)23)15-6-4-3-5-14(15)18/h3-6,13H,2,7-12H2,1H3. The third-order valence-electron chi connectivity index (χ3n) is 4.96.